The van der Waals surface area contributed by atoms with E-state index in [0.29, 0.717) is 11.3 Å². The molecule has 8 heteroatoms. The van der Waals surface area contributed by atoms with Gasteiger partial charge in [0.2, 0.25) is 0 Å². The predicted octanol–water partition coefficient (Wildman–Crippen LogP) is 4.61. The van der Waals surface area contributed by atoms with E-state index in [-0.39, 0.29) is 30.5 Å². The molecule has 1 amide bonds. The van der Waals surface area contributed by atoms with Gasteiger partial charge in [-0.3, -0.25) is 4.79 Å². The molecule has 0 aliphatic heterocycles. The van der Waals surface area contributed by atoms with E-state index in [9.17, 15) is 13.2 Å². The SMILES string of the molecule is CCS(=O)(=O)Oc1cccc(CN(Cc2ccco2)C(=O)c2cccc(Br)c2)c1. The molecule has 0 fully saturated rings. The molecule has 0 saturated carbocycles. The summed E-state index contributed by atoms with van der Waals surface area (Å²) in [6.45, 7) is 2.05. The molecule has 1 aromatic heterocycles. The third-order valence-electron chi connectivity index (χ3n) is 4.13. The Morgan fingerprint density at radius 3 is 2.55 bits per heavy atom. The second-order valence-electron chi connectivity index (χ2n) is 6.33. The number of hydrogen-bond acceptors (Lipinski definition) is 5. The maximum absolute atomic E-state index is 13.1. The van der Waals surface area contributed by atoms with E-state index in [4.69, 9.17) is 8.60 Å². The third-order valence-corrected chi connectivity index (χ3v) is 5.78. The average molecular weight is 478 g/mol. The van der Waals surface area contributed by atoms with Crippen LogP contribution < -0.4 is 4.18 Å². The maximum atomic E-state index is 13.1. The third kappa shape index (κ3) is 5.95. The summed E-state index contributed by atoms with van der Waals surface area (Å²) < 4.78 is 34.8. The zero-order valence-electron chi connectivity index (χ0n) is 15.7. The fourth-order valence-corrected chi connectivity index (χ4v) is 3.63. The smallest absolute Gasteiger partial charge is 0.308 e. The summed E-state index contributed by atoms with van der Waals surface area (Å²) >= 11 is 3.39. The molecule has 0 N–H and O–H groups in total. The lowest BCUT2D eigenvalue weighted by Crippen LogP contribution is -2.30. The lowest BCUT2D eigenvalue weighted by atomic mass is 10.1. The van der Waals surface area contributed by atoms with E-state index < -0.39 is 10.1 Å². The van der Waals surface area contributed by atoms with Gasteiger partial charge in [-0.25, -0.2) is 0 Å². The van der Waals surface area contributed by atoms with Gasteiger partial charge in [0.05, 0.1) is 18.6 Å². The van der Waals surface area contributed by atoms with Crippen molar-refractivity contribution in [1.29, 1.82) is 0 Å². The van der Waals surface area contributed by atoms with Gasteiger partial charge in [-0.05, 0) is 55.0 Å². The topological polar surface area (TPSA) is 76.8 Å². The molecule has 0 atom stereocenters. The van der Waals surface area contributed by atoms with Gasteiger partial charge in [0.15, 0.2) is 0 Å². The minimum atomic E-state index is -3.62. The van der Waals surface area contributed by atoms with Crippen LogP contribution in [-0.2, 0) is 23.2 Å². The van der Waals surface area contributed by atoms with Crippen molar-refractivity contribution in [2.75, 3.05) is 5.75 Å². The van der Waals surface area contributed by atoms with Crippen molar-refractivity contribution in [3.05, 3.63) is 88.3 Å². The van der Waals surface area contributed by atoms with Gasteiger partial charge in [0.25, 0.3) is 5.91 Å². The molecule has 0 spiro atoms. The van der Waals surface area contributed by atoms with Gasteiger partial charge in [0.1, 0.15) is 11.5 Å². The molecular formula is C21H20BrNO5S. The fourth-order valence-electron chi connectivity index (χ4n) is 2.72. The molecule has 0 aliphatic rings. The summed E-state index contributed by atoms with van der Waals surface area (Å²) in [5, 5.41) is 0. The molecule has 152 valence electrons. The Morgan fingerprint density at radius 1 is 1.07 bits per heavy atom. The molecule has 29 heavy (non-hydrogen) atoms. The normalized spacial score (nSPS) is 11.2. The quantitative estimate of drug-likeness (QED) is 0.442. The Balaban J connectivity index is 1.86. The Morgan fingerprint density at radius 2 is 1.86 bits per heavy atom. The molecule has 0 unspecified atom stereocenters. The number of nitrogens with zero attached hydrogens (tertiary/aromatic N) is 1. The van der Waals surface area contributed by atoms with Crippen molar-refractivity contribution >= 4 is 32.0 Å². The first-order chi connectivity index (χ1) is 13.9. The van der Waals surface area contributed by atoms with Gasteiger partial charge in [-0.15, -0.1) is 0 Å². The number of benzene rings is 2. The molecule has 0 aliphatic carbocycles. The molecule has 0 saturated heterocycles. The van der Waals surface area contributed by atoms with Crippen molar-refractivity contribution in [2.24, 2.45) is 0 Å². The summed E-state index contributed by atoms with van der Waals surface area (Å²) in [4.78, 5) is 14.8. The summed E-state index contributed by atoms with van der Waals surface area (Å²) in [6.07, 6.45) is 1.56. The molecule has 1 heterocycles. The zero-order valence-corrected chi connectivity index (χ0v) is 18.1. The second-order valence-corrected chi connectivity index (χ2v) is 9.10. The van der Waals surface area contributed by atoms with Crippen LogP contribution in [0.25, 0.3) is 0 Å². The molecule has 2 aromatic carbocycles. The van der Waals surface area contributed by atoms with E-state index >= 15 is 0 Å². The first kappa shape index (κ1) is 21.1. The highest BCUT2D eigenvalue weighted by molar-refractivity contribution is 9.10. The Labute approximate surface area is 178 Å². The number of halogens is 1. The summed E-state index contributed by atoms with van der Waals surface area (Å²) in [6, 6.07) is 17.4. The predicted molar refractivity (Wildman–Crippen MR) is 113 cm³/mol. The van der Waals surface area contributed by atoms with E-state index in [1.165, 1.54) is 6.92 Å². The van der Waals surface area contributed by atoms with Crippen LogP contribution in [0.3, 0.4) is 0 Å². The van der Waals surface area contributed by atoms with E-state index in [0.717, 1.165) is 10.0 Å². The minimum Gasteiger partial charge on any atom is -0.467 e. The van der Waals surface area contributed by atoms with E-state index in [1.54, 1.807) is 59.7 Å². The highest BCUT2D eigenvalue weighted by atomic mass is 79.9. The van der Waals surface area contributed by atoms with Gasteiger partial charge in [0, 0.05) is 16.6 Å². The first-order valence-electron chi connectivity index (χ1n) is 8.94. The zero-order chi connectivity index (χ0) is 20.9. The fraction of sp³-hybridized carbons (Fsp3) is 0.190. The van der Waals surface area contributed by atoms with Crippen LogP contribution >= 0.6 is 15.9 Å². The number of hydrogen-bond donors (Lipinski definition) is 0. The van der Waals surface area contributed by atoms with Gasteiger partial charge >= 0.3 is 10.1 Å². The number of carbonyl (C=O) groups excluding carboxylic acids is 1. The van der Waals surface area contributed by atoms with E-state index in [1.807, 2.05) is 12.1 Å². The van der Waals surface area contributed by atoms with Crippen LogP contribution in [-0.4, -0.2) is 25.0 Å². The van der Waals surface area contributed by atoms with Crippen molar-refractivity contribution < 1.29 is 21.8 Å². The molecule has 0 bridgehead atoms. The Hall–Kier alpha value is -2.58. The van der Waals surface area contributed by atoms with Crippen molar-refractivity contribution in [3.8, 4) is 5.75 Å². The van der Waals surface area contributed by atoms with E-state index in [2.05, 4.69) is 15.9 Å². The summed E-state index contributed by atoms with van der Waals surface area (Å²) in [5.74, 6) is 0.574. The second kappa shape index (κ2) is 9.28. The van der Waals surface area contributed by atoms with Gasteiger partial charge in [-0.1, -0.05) is 34.1 Å². The molecular weight excluding hydrogens is 458 g/mol. The van der Waals surface area contributed by atoms with Crippen molar-refractivity contribution in [3.63, 3.8) is 0 Å². The largest absolute Gasteiger partial charge is 0.467 e. The Kier molecular flexibility index (Phi) is 6.76. The molecule has 6 nitrogen and oxygen atoms in total. The average Bonchev–Trinajstić information content (AvgIpc) is 3.20. The summed E-state index contributed by atoms with van der Waals surface area (Å²) in [7, 11) is -3.62. The number of furan rings is 1. The van der Waals surface area contributed by atoms with Crippen LogP contribution in [0, 0.1) is 0 Å². The molecule has 3 rings (SSSR count). The molecule has 3 aromatic rings. The lowest BCUT2D eigenvalue weighted by Gasteiger charge is -2.22. The van der Waals surface area contributed by atoms with Crippen LogP contribution in [0.2, 0.25) is 0 Å². The van der Waals surface area contributed by atoms with Crippen molar-refractivity contribution in [2.45, 2.75) is 20.0 Å². The van der Waals surface area contributed by atoms with Crippen LogP contribution in [0.4, 0.5) is 0 Å². The van der Waals surface area contributed by atoms with Gasteiger partial charge < -0.3 is 13.5 Å². The minimum absolute atomic E-state index is 0.122. The molecule has 0 radical (unpaired) electrons. The highest BCUT2D eigenvalue weighted by Gasteiger charge is 2.19. The van der Waals surface area contributed by atoms with Gasteiger partial charge in [-0.2, -0.15) is 8.42 Å². The number of carbonyl (C=O) groups is 1. The van der Waals surface area contributed by atoms with Crippen LogP contribution in [0.5, 0.6) is 5.75 Å². The monoisotopic (exact) mass is 477 g/mol. The number of amides is 1. The first-order valence-corrected chi connectivity index (χ1v) is 11.3. The Bertz CT molecular complexity index is 1080. The standard InChI is InChI=1S/C21H20BrNO5S/c1-2-29(25,26)28-19-9-3-6-16(12-19)14-23(15-20-10-5-11-27-20)21(24)17-7-4-8-18(22)13-17/h3-13H,2,14-15H2,1H3. The maximum Gasteiger partial charge on any atom is 0.308 e. The van der Waals surface area contributed by atoms with Crippen LogP contribution in [0.1, 0.15) is 28.6 Å². The highest BCUT2D eigenvalue weighted by Crippen LogP contribution is 2.21. The van der Waals surface area contributed by atoms with Crippen molar-refractivity contribution in [1.82, 2.24) is 4.90 Å². The summed E-state index contributed by atoms with van der Waals surface area (Å²) in [5.41, 5.74) is 1.27. The lowest BCUT2D eigenvalue weighted by molar-refractivity contribution is 0.0717. The number of rotatable bonds is 8. The van der Waals surface area contributed by atoms with Crippen LogP contribution in [0.15, 0.2) is 75.8 Å².